The van der Waals surface area contributed by atoms with Crippen LogP contribution in [0.25, 0.3) is 22.2 Å². The number of benzene rings is 1. The first-order valence-electron chi connectivity index (χ1n) is 11.6. The van der Waals surface area contributed by atoms with Gasteiger partial charge in [0.2, 0.25) is 5.91 Å². The fraction of sp³-hybridized carbons (Fsp3) is 0.320. The Balaban J connectivity index is 1.44. The van der Waals surface area contributed by atoms with Crippen LogP contribution in [-0.2, 0) is 24.9 Å². The van der Waals surface area contributed by atoms with Crippen molar-refractivity contribution in [3.63, 3.8) is 0 Å². The van der Waals surface area contributed by atoms with Crippen molar-refractivity contribution >= 4 is 22.8 Å². The smallest absolute Gasteiger partial charge is 0.272 e. The summed E-state index contributed by atoms with van der Waals surface area (Å²) in [7, 11) is 1.79. The Hall–Kier alpha value is -4.08. The van der Waals surface area contributed by atoms with Gasteiger partial charge in [-0.15, -0.1) is 0 Å². The zero-order chi connectivity index (χ0) is 24.5. The van der Waals surface area contributed by atoms with Crippen LogP contribution in [0.2, 0.25) is 0 Å². The van der Waals surface area contributed by atoms with Gasteiger partial charge in [-0.3, -0.25) is 14.3 Å². The van der Waals surface area contributed by atoms with E-state index in [0.717, 1.165) is 37.1 Å². The minimum absolute atomic E-state index is 0.0767. The monoisotopic (exact) mass is 475 g/mol. The van der Waals surface area contributed by atoms with Crippen LogP contribution >= 0.6 is 0 Å². The summed E-state index contributed by atoms with van der Waals surface area (Å²) in [6.07, 6.45) is 9.15. The molecule has 3 heterocycles. The molecule has 0 aliphatic heterocycles. The number of rotatable bonds is 7. The number of nitrogens with zero attached hydrogens (tertiary/aromatic N) is 5. The second-order valence-corrected chi connectivity index (χ2v) is 8.96. The van der Waals surface area contributed by atoms with Gasteiger partial charge in [-0.25, -0.2) is 14.4 Å². The summed E-state index contributed by atoms with van der Waals surface area (Å²) in [6.45, 7) is 0.0219. The maximum atomic E-state index is 14.3. The van der Waals surface area contributed by atoms with E-state index >= 15 is 0 Å². The average molecular weight is 476 g/mol. The number of aryl methyl sites for hydroxylation is 1. The van der Waals surface area contributed by atoms with Gasteiger partial charge >= 0.3 is 0 Å². The van der Waals surface area contributed by atoms with Gasteiger partial charge in [0, 0.05) is 37.5 Å². The minimum atomic E-state index is -0.513. The molecule has 0 radical (unpaired) electrons. The zero-order valence-corrected chi connectivity index (χ0v) is 19.4. The molecule has 5 rings (SSSR count). The lowest BCUT2D eigenvalue weighted by atomic mass is 10.1. The minimum Gasteiger partial charge on any atom is -0.368 e. The Morgan fingerprint density at radius 1 is 1.20 bits per heavy atom. The maximum absolute atomic E-state index is 14.3. The van der Waals surface area contributed by atoms with Gasteiger partial charge in [0.25, 0.3) is 5.91 Å². The Morgan fingerprint density at radius 2 is 2.00 bits per heavy atom. The van der Waals surface area contributed by atoms with Crippen molar-refractivity contribution in [2.24, 2.45) is 12.8 Å². The molecule has 1 saturated carbocycles. The normalized spacial score (nSPS) is 14.0. The maximum Gasteiger partial charge on any atom is 0.272 e. The van der Waals surface area contributed by atoms with E-state index in [-0.39, 0.29) is 24.7 Å². The number of carbonyl (C=O) groups excluding carboxylic acids is 2. The topological polar surface area (TPSA) is 121 Å². The Kier molecular flexibility index (Phi) is 6.02. The summed E-state index contributed by atoms with van der Waals surface area (Å²) in [6, 6.07) is 6.35. The predicted octanol–water partition coefficient (Wildman–Crippen LogP) is 3.04. The van der Waals surface area contributed by atoms with Gasteiger partial charge in [-0.2, -0.15) is 5.10 Å². The van der Waals surface area contributed by atoms with E-state index in [1.54, 1.807) is 34.8 Å². The number of halogens is 1. The Morgan fingerprint density at radius 3 is 2.71 bits per heavy atom. The number of pyridine rings is 1. The molecule has 2 amide bonds. The van der Waals surface area contributed by atoms with Crippen LogP contribution in [-0.4, -0.2) is 36.1 Å². The number of hydrogen-bond donors (Lipinski definition) is 2. The van der Waals surface area contributed by atoms with Gasteiger partial charge in [0.15, 0.2) is 5.69 Å². The first kappa shape index (κ1) is 22.7. The molecule has 1 aromatic carbocycles. The Labute approximate surface area is 201 Å². The molecule has 0 saturated heterocycles. The summed E-state index contributed by atoms with van der Waals surface area (Å²) >= 11 is 0. The van der Waals surface area contributed by atoms with Crippen LogP contribution in [0.1, 0.15) is 53.5 Å². The van der Waals surface area contributed by atoms with E-state index in [1.807, 2.05) is 6.07 Å². The SMILES string of the molecule is Cn1cc(-c2cc(F)cc(CNC(=O)c3nccc4nc(C5CCCC5)n(CC(N)=O)c34)c2)cn1. The summed E-state index contributed by atoms with van der Waals surface area (Å²) in [4.78, 5) is 34.1. The number of imidazole rings is 1. The highest BCUT2D eigenvalue weighted by Gasteiger charge is 2.27. The number of nitrogens with two attached hydrogens (primary N) is 1. The number of carbonyl (C=O) groups is 2. The Bertz CT molecular complexity index is 1420. The molecule has 1 fully saturated rings. The lowest BCUT2D eigenvalue weighted by molar-refractivity contribution is -0.118. The molecule has 3 N–H and O–H groups in total. The van der Waals surface area contributed by atoms with E-state index in [2.05, 4.69) is 15.4 Å². The highest BCUT2D eigenvalue weighted by Crippen LogP contribution is 2.35. The molecule has 180 valence electrons. The zero-order valence-electron chi connectivity index (χ0n) is 19.4. The molecule has 4 aromatic rings. The molecular formula is C25H26FN7O2. The van der Waals surface area contributed by atoms with Crippen molar-refractivity contribution in [2.45, 2.75) is 44.7 Å². The van der Waals surface area contributed by atoms with E-state index in [4.69, 9.17) is 10.7 Å². The molecule has 1 aliphatic rings. The van der Waals surface area contributed by atoms with Crippen LogP contribution in [0.4, 0.5) is 4.39 Å². The summed E-state index contributed by atoms with van der Waals surface area (Å²) < 4.78 is 17.7. The number of fused-ring (bicyclic) bond motifs is 1. The third kappa shape index (κ3) is 4.64. The van der Waals surface area contributed by atoms with Crippen molar-refractivity contribution in [3.05, 3.63) is 65.8 Å². The second kappa shape index (κ2) is 9.28. The molecular weight excluding hydrogens is 449 g/mol. The van der Waals surface area contributed by atoms with Crippen LogP contribution < -0.4 is 11.1 Å². The first-order chi connectivity index (χ1) is 16.9. The molecule has 3 aromatic heterocycles. The fourth-order valence-electron chi connectivity index (χ4n) is 4.83. The predicted molar refractivity (Wildman–Crippen MR) is 128 cm³/mol. The molecule has 0 unspecified atom stereocenters. The fourth-order valence-corrected chi connectivity index (χ4v) is 4.83. The quantitative estimate of drug-likeness (QED) is 0.426. The van der Waals surface area contributed by atoms with Crippen LogP contribution in [0.5, 0.6) is 0 Å². The number of nitrogens with one attached hydrogen (secondary N) is 1. The van der Waals surface area contributed by atoms with Crippen LogP contribution in [0, 0.1) is 5.82 Å². The molecule has 35 heavy (non-hydrogen) atoms. The van der Waals surface area contributed by atoms with Gasteiger partial charge in [-0.05, 0) is 48.2 Å². The number of primary amides is 1. The third-order valence-corrected chi connectivity index (χ3v) is 6.38. The van der Waals surface area contributed by atoms with E-state index in [1.165, 1.54) is 18.3 Å². The summed E-state index contributed by atoms with van der Waals surface area (Å²) in [5.41, 5.74) is 8.82. The molecule has 10 heteroatoms. The van der Waals surface area contributed by atoms with Gasteiger partial charge in [0.05, 0.1) is 11.7 Å². The summed E-state index contributed by atoms with van der Waals surface area (Å²) in [5.74, 6) is -0.371. The van der Waals surface area contributed by atoms with Crippen LogP contribution in [0.15, 0.2) is 42.9 Å². The van der Waals surface area contributed by atoms with Crippen molar-refractivity contribution in [1.82, 2.24) is 29.6 Å². The first-order valence-corrected chi connectivity index (χ1v) is 11.6. The lowest BCUT2D eigenvalue weighted by Gasteiger charge is -2.13. The largest absolute Gasteiger partial charge is 0.368 e. The van der Waals surface area contributed by atoms with Crippen molar-refractivity contribution in [1.29, 1.82) is 0 Å². The molecule has 0 bridgehead atoms. The van der Waals surface area contributed by atoms with Crippen molar-refractivity contribution < 1.29 is 14.0 Å². The molecule has 0 atom stereocenters. The third-order valence-electron chi connectivity index (χ3n) is 6.38. The van der Waals surface area contributed by atoms with Gasteiger partial charge < -0.3 is 15.6 Å². The van der Waals surface area contributed by atoms with Crippen LogP contribution in [0.3, 0.4) is 0 Å². The van der Waals surface area contributed by atoms with Crippen molar-refractivity contribution in [2.75, 3.05) is 0 Å². The van der Waals surface area contributed by atoms with E-state index in [0.29, 0.717) is 22.2 Å². The van der Waals surface area contributed by atoms with Gasteiger partial charge in [-0.1, -0.05) is 12.8 Å². The standard InChI is InChI=1S/C25H26FN7O2/c1-32-13-18(12-30-32)17-8-15(9-19(26)10-17)11-29-25(35)22-23-20(6-7-28-22)31-24(16-4-2-3-5-16)33(23)14-21(27)34/h6-10,12-13,16H,2-5,11,14H2,1H3,(H2,27,34)(H,29,35). The second-order valence-electron chi connectivity index (χ2n) is 8.96. The van der Waals surface area contributed by atoms with Crippen molar-refractivity contribution in [3.8, 4) is 11.1 Å². The van der Waals surface area contributed by atoms with E-state index in [9.17, 15) is 14.0 Å². The van der Waals surface area contributed by atoms with Gasteiger partial charge in [0.1, 0.15) is 23.7 Å². The number of amides is 2. The number of hydrogen-bond acceptors (Lipinski definition) is 5. The number of aromatic nitrogens is 5. The highest BCUT2D eigenvalue weighted by molar-refractivity contribution is 6.03. The molecule has 0 spiro atoms. The van der Waals surface area contributed by atoms with E-state index < -0.39 is 17.6 Å². The summed E-state index contributed by atoms with van der Waals surface area (Å²) in [5, 5.41) is 6.96. The molecule has 1 aliphatic carbocycles. The molecule has 9 nitrogen and oxygen atoms in total. The lowest BCUT2D eigenvalue weighted by Crippen LogP contribution is -2.26. The average Bonchev–Trinajstić information content (AvgIpc) is 3.57. The highest BCUT2D eigenvalue weighted by atomic mass is 19.1.